The maximum atomic E-state index is 12.2. The number of carbonyl (C=O) groups excluding carboxylic acids is 3. The van der Waals surface area contributed by atoms with Gasteiger partial charge in [0, 0.05) is 5.56 Å². The highest BCUT2D eigenvalue weighted by atomic mass is 16.5. The Morgan fingerprint density at radius 3 is 2.59 bits per heavy atom. The Kier molecular flexibility index (Phi) is 8.03. The quantitative estimate of drug-likeness (QED) is 0.395. The summed E-state index contributed by atoms with van der Waals surface area (Å²) in [5.74, 6) is -0.539. The number of aldehydes is 1. The zero-order chi connectivity index (χ0) is 19.5. The first-order chi connectivity index (χ1) is 13.1. The van der Waals surface area contributed by atoms with E-state index in [1.165, 1.54) is 12.1 Å². The van der Waals surface area contributed by atoms with Crippen molar-refractivity contribution >= 4 is 18.2 Å². The summed E-state index contributed by atoms with van der Waals surface area (Å²) in [7, 11) is 0. The molecule has 0 heterocycles. The van der Waals surface area contributed by atoms with Crippen LogP contribution >= 0.6 is 0 Å². The van der Waals surface area contributed by atoms with Crippen LogP contribution in [0.2, 0.25) is 0 Å². The molecule has 0 aliphatic heterocycles. The number of nitrogens with one attached hydrogen (secondary N) is 1. The van der Waals surface area contributed by atoms with Gasteiger partial charge in [-0.1, -0.05) is 43.7 Å². The lowest BCUT2D eigenvalue weighted by Crippen LogP contribution is -2.31. The highest BCUT2D eigenvalue weighted by Crippen LogP contribution is 2.18. The van der Waals surface area contributed by atoms with Crippen molar-refractivity contribution in [2.75, 3.05) is 13.2 Å². The number of esters is 1. The SMILES string of the molecule is CCCCOC(=O)CNC(=O)c1ccc(OCc2ccccc2)cc1C=O. The van der Waals surface area contributed by atoms with Gasteiger partial charge < -0.3 is 14.8 Å². The largest absolute Gasteiger partial charge is 0.489 e. The van der Waals surface area contributed by atoms with Crippen molar-refractivity contribution in [3.8, 4) is 5.75 Å². The third kappa shape index (κ3) is 6.58. The van der Waals surface area contributed by atoms with Crippen molar-refractivity contribution in [2.45, 2.75) is 26.4 Å². The van der Waals surface area contributed by atoms with Crippen LogP contribution in [-0.4, -0.2) is 31.3 Å². The summed E-state index contributed by atoms with van der Waals surface area (Å²) in [5, 5.41) is 2.46. The van der Waals surface area contributed by atoms with Crippen LogP contribution in [0.5, 0.6) is 5.75 Å². The van der Waals surface area contributed by atoms with Crippen LogP contribution in [0.4, 0.5) is 0 Å². The molecule has 2 aromatic carbocycles. The molecule has 1 N–H and O–H groups in total. The fourth-order valence-corrected chi connectivity index (χ4v) is 2.30. The fourth-order valence-electron chi connectivity index (χ4n) is 2.30. The first-order valence-electron chi connectivity index (χ1n) is 8.83. The molecule has 1 amide bonds. The Balaban J connectivity index is 1.93. The minimum atomic E-state index is -0.515. The lowest BCUT2D eigenvalue weighted by Gasteiger charge is -2.10. The number of carbonyl (C=O) groups is 3. The molecule has 2 aromatic rings. The van der Waals surface area contributed by atoms with Crippen LogP contribution in [0.3, 0.4) is 0 Å². The lowest BCUT2D eigenvalue weighted by molar-refractivity contribution is -0.142. The van der Waals surface area contributed by atoms with Gasteiger partial charge in [-0.3, -0.25) is 14.4 Å². The van der Waals surface area contributed by atoms with Crippen molar-refractivity contribution in [1.82, 2.24) is 5.32 Å². The van der Waals surface area contributed by atoms with Crippen LogP contribution in [0.1, 0.15) is 46.0 Å². The van der Waals surface area contributed by atoms with Crippen molar-refractivity contribution in [3.63, 3.8) is 0 Å². The van der Waals surface area contributed by atoms with E-state index in [2.05, 4.69) is 5.32 Å². The summed E-state index contributed by atoms with van der Waals surface area (Å²) < 4.78 is 10.6. The zero-order valence-electron chi connectivity index (χ0n) is 15.3. The Morgan fingerprint density at radius 2 is 1.89 bits per heavy atom. The second-order valence-electron chi connectivity index (χ2n) is 5.90. The Labute approximate surface area is 158 Å². The van der Waals surface area contributed by atoms with Crippen LogP contribution in [0.25, 0.3) is 0 Å². The van der Waals surface area contributed by atoms with Crippen molar-refractivity contribution in [1.29, 1.82) is 0 Å². The molecule has 142 valence electrons. The van der Waals surface area contributed by atoms with Crippen LogP contribution in [-0.2, 0) is 16.1 Å². The zero-order valence-corrected chi connectivity index (χ0v) is 15.3. The third-order valence-corrected chi connectivity index (χ3v) is 3.80. The first kappa shape index (κ1) is 20.2. The van der Waals surface area contributed by atoms with Gasteiger partial charge in [-0.25, -0.2) is 0 Å². The summed E-state index contributed by atoms with van der Waals surface area (Å²) >= 11 is 0. The standard InChI is InChI=1S/C21H23NO5/c1-2-3-11-26-20(24)13-22-21(25)19-10-9-18(12-17(19)14-23)27-15-16-7-5-4-6-8-16/h4-10,12,14H,2-3,11,13,15H2,1H3,(H,22,25). The smallest absolute Gasteiger partial charge is 0.325 e. The van der Waals surface area contributed by atoms with E-state index in [4.69, 9.17) is 9.47 Å². The average molecular weight is 369 g/mol. The highest BCUT2D eigenvalue weighted by molar-refractivity contribution is 6.02. The molecule has 0 aliphatic carbocycles. The van der Waals surface area contributed by atoms with Crippen LogP contribution in [0.15, 0.2) is 48.5 Å². The lowest BCUT2D eigenvalue weighted by atomic mass is 10.1. The molecule has 0 atom stereocenters. The fraction of sp³-hybridized carbons (Fsp3) is 0.286. The van der Waals surface area contributed by atoms with E-state index in [1.54, 1.807) is 6.07 Å². The number of hydrogen-bond acceptors (Lipinski definition) is 5. The first-order valence-corrected chi connectivity index (χ1v) is 8.83. The summed E-state index contributed by atoms with van der Waals surface area (Å²) in [4.78, 5) is 35.1. The summed E-state index contributed by atoms with van der Waals surface area (Å²) in [5.41, 5.74) is 1.37. The molecule has 0 radical (unpaired) electrons. The molecule has 0 saturated carbocycles. The molecule has 0 aromatic heterocycles. The predicted octanol–water partition coefficient (Wildman–Crippen LogP) is 3.15. The van der Waals surface area contributed by atoms with Gasteiger partial charge in [0.05, 0.1) is 12.2 Å². The predicted molar refractivity (Wildman–Crippen MR) is 101 cm³/mol. The molecule has 0 aliphatic rings. The number of amides is 1. The van der Waals surface area contributed by atoms with E-state index in [0.717, 1.165) is 18.4 Å². The maximum absolute atomic E-state index is 12.2. The van der Waals surface area contributed by atoms with E-state index in [9.17, 15) is 14.4 Å². The van der Waals surface area contributed by atoms with Gasteiger partial charge in [0.15, 0.2) is 6.29 Å². The van der Waals surface area contributed by atoms with Gasteiger partial charge in [0.2, 0.25) is 0 Å². The topological polar surface area (TPSA) is 81.7 Å². The van der Waals surface area contributed by atoms with E-state index < -0.39 is 11.9 Å². The third-order valence-electron chi connectivity index (χ3n) is 3.80. The monoisotopic (exact) mass is 369 g/mol. The number of ether oxygens (including phenoxy) is 2. The molecule has 6 heteroatoms. The molecule has 0 fully saturated rings. The molecule has 27 heavy (non-hydrogen) atoms. The van der Waals surface area contributed by atoms with Crippen molar-refractivity contribution in [2.24, 2.45) is 0 Å². The van der Waals surface area contributed by atoms with Crippen molar-refractivity contribution in [3.05, 3.63) is 65.2 Å². The average Bonchev–Trinajstić information content (AvgIpc) is 2.71. The van der Waals surface area contributed by atoms with E-state index in [1.807, 2.05) is 37.3 Å². The highest BCUT2D eigenvalue weighted by Gasteiger charge is 2.14. The van der Waals surface area contributed by atoms with Crippen LogP contribution in [0, 0.1) is 0 Å². The number of benzene rings is 2. The van der Waals surface area contributed by atoms with Crippen LogP contribution < -0.4 is 10.1 Å². The summed E-state index contributed by atoms with van der Waals surface area (Å²) in [6.45, 7) is 2.43. The number of unbranched alkanes of at least 4 members (excludes halogenated alkanes) is 1. The number of hydrogen-bond donors (Lipinski definition) is 1. The summed E-state index contributed by atoms with van der Waals surface area (Å²) in [6, 6.07) is 14.2. The molecular formula is C21H23NO5. The maximum Gasteiger partial charge on any atom is 0.325 e. The Hall–Kier alpha value is -3.15. The molecule has 0 unspecified atom stereocenters. The van der Waals surface area contributed by atoms with E-state index in [0.29, 0.717) is 25.2 Å². The minimum absolute atomic E-state index is 0.179. The van der Waals surface area contributed by atoms with Gasteiger partial charge >= 0.3 is 5.97 Å². The molecule has 6 nitrogen and oxygen atoms in total. The normalized spacial score (nSPS) is 10.1. The molecule has 0 saturated heterocycles. The van der Waals surface area contributed by atoms with Gasteiger partial charge in [-0.15, -0.1) is 0 Å². The molecule has 0 spiro atoms. The van der Waals surface area contributed by atoms with Gasteiger partial charge in [-0.05, 0) is 30.2 Å². The minimum Gasteiger partial charge on any atom is -0.489 e. The van der Waals surface area contributed by atoms with E-state index >= 15 is 0 Å². The molecular weight excluding hydrogens is 346 g/mol. The molecule has 0 bridgehead atoms. The van der Waals surface area contributed by atoms with Gasteiger partial charge in [-0.2, -0.15) is 0 Å². The van der Waals surface area contributed by atoms with Gasteiger partial charge in [0.1, 0.15) is 18.9 Å². The Morgan fingerprint density at radius 1 is 1.11 bits per heavy atom. The Bertz CT molecular complexity index is 773. The summed E-state index contributed by atoms with van der Waals surface area (Å²) in [6.07, 6.45) is 2.28. The van der Waals surface area contributed by atoms with E-state index in [-0.39, 0.29) is 17.7 Å². The van der Waals surface area contributed by atoms with Gasteiger partial charge in [0.25, 0.3) is 5.91 Å². The second kappa shape index (κ2) is 10.8. The number of rotatable bonds is 10. The second-order valence-corrected chi connectivity index (χ2v) is 5.90. The molecule has 2 rings (SSSR count). The van der Waals surface area contributed by atoms with Crippen molar-refractivity contribution < 1.29 is 23.9 Å².